The summed E-state index contributed by atoms with van der Waals surface area (Å²) in [5, 5.41) is 8.94. The van der Waals surface area contributed by atoms with Gasteiger partial charge in [0.25, 0.3) is 0 Å². The van der Waals surface area contributed by atoms with Gasteiger partial charge in [0.1, 0.15) is 0 Å². The predicted molar refractivity (Wildman–Crippen MR) is 74.5 cm³/mol. The van der Waals surface area contributed by atoms with Crippen molar-refractivity contribution < 1.29 is 0 Å². The largest absolute Gasteiger partial charge is 0.361 e. The molecule has 0 unspecified atom stereocenters. The topological polar surface area (TPSA) is 24.4 Å². The number of thiophene rings is 1. The van der Waals surface area contributed by atoms with Gasteiger partial charge in [0.15, 0.2) is 5.17 Å². The molecule has 1 saturated heterocycles. The van der Waals surface area contributed by atoms with Crippen LogP contribution in [0.15, 0.2) is 21.8 Å². The monoisotopic (exact) mass is 254 g/mol. The van der Waals surface area contributed by atoms with E-state index in [2.05, 4.69) is 41.0 Å². The minimum Gasteiger partial charge on any atom is -0.361 e. The highest BCUT2D eigenvalue weighted by atomic mass is 32.2. The summed E-state index contributed by atoms with van der Waals surface area (Å²) < 4.78 is 0. The molecule has 1 fully saturated rings. The maximum absolute atomic E-state index is 4.60. The van der Waals surface area contributed by atoms with Gasteiger partial charge in [-0.15, -0.1) is 0 Å². The van der Waals surface area contributed by atoms with Crippen LogP contribution in [0.2, 0.25) is 0 Å². The smallest absolute Gasteiger partial charge is 0.156 e. The lowest BCUT2D eigenvalue weighted by molar-refractivity contribution is 0.503. The maximum atomic E-state index is 4.60. The maximum Gasteiger partial charge on any atom is 0.156 e. The second-order valence-electron chi connectivity index (χ2n) is 4.37. The molecule has 0 saturated carbocycles. The zero-order valence-electron chi connectivity index (χ0n) is 9.77. The van der Waals surface area contributed by atoms with Crippen molar-refractivity contribution >= 4 is 28.3 Å². The van der Waals surface area contributed by atoms with Crippen LogP contribution in [-0.2, 0) is 6.42 Å². The molecule has 0 radical (unpaired) electrons. The average Bonchev–Trinajstić information content (AvgIpc) is 2.87. The fraction of sp³-hybridized carbons (Fsp3) is 0.583. The fourth-order valence-electron chi connectivity index (χ4n) is 1.58. The first-order valence-corrected chi connectivity index (χ1v) is 7.63. The second kappa shape index (κ2) is 5.73. The molecule has 1 aliphatic rings. The molecule has 1 atom stereocenters. The molecule has 0 aromatic carbocycles. The highest BCUT2D eigenvalue weighted by Gasteiger charge is 2.22. The molecule has 0 spiro atoms. The van der Waals surface area contributed by atoms with E-state index in [1.807, 2.05) is 11.8 Å². The van der Waals surface area contributed by atoms with Gasteiger partial charge in [-0.05, 0) is 34.7 Å². The Morgan fingerprint density at radius 3 is 3.06 bits per heavy atom. The molecule has 0 amide bonds. The Morgan fingerprint density at radius 1 is 1.56 bits per heavy atom. The highest BCUT2D eigenvalue weighted by molar-refractivity contribution is 8.14. The van der Waals surface area contributed by atoms with E-state index >= 15 is 0 Å². The Labute approximate surface area is 106 Å². The third-order valence-electron chi connectivity index (χ3n) is 2.75. The summed E-state index contributed by atoms with van der Waals surface area (Å²) >= 11 is 3.61. The second-order valence-corrected chi connectivity index (χ2v) is 6.16. The molecule has 2 nitrogen and oxygen atoms in total. The number of nitrogens with one attached hydrogen (secondary N) is 1. The van der Waals surface area contributed by atoms with E-state index in [4.69, 9.17) is 0 Å². The van der Waals surface area contributed by atoms with E-state index < -0.39 is 0 Å². The van der Waals surface area contributed by atoms with Crippen LogP contribution in [0.4, 0.5) is 0 Å². The van der Waals surface area contributed by atoms with E-state index in [1.54, 1.807) is 11.3 Å². The third kappa shape index (κ3) is 3.25. The van der Waals surface area contributed by atoms with Gasteiger partial charge in [-0.2, -0.15) is 11.3 Å². The lowest BCUT2D eigenvalue weighted by Gasteiger charge is -2.12. The summed E-state index contributed by atoms with van der Waals surface area (Å²) in [5.41, 5.74) is 1.40. The average molecular weight is 254 g/mol. The molecule has 1 aliphatic heterocycles. The molecule has 4 heteroatoms. The van der Waals surface area contributed by atoms with Crippen LogP contribution in [-0.4, -0.2) is 23.5 Å². The number of rotatable bonds is 4. The quantitative estimate of drug-likeness (QED) is 0.893. The summed E-state index contributed by atoms with van der Waals surface area (Å²) in [7, 11) is 0. The Balaban J connectivity index is 1.77. The number of aliphatic imine (C=N–C) groups is 1. The summed E-state index contributed by atoms with van der Waals surface area (Å²) in [5.74, 6) is 1.85. The van der Waals surface area contributed by atoms with Crippen LogP contribution in [0.3, 0.4) is 0 Å². The molecule has 1 N–H and O–H groups in total. The van der Waals surface area contributed by atoms with E-state index in [-0.39, 0.29) is 0 Å². The van der Waals surface area contributed by atoms with Crippen LogP contribution in [0, 0.1) is 5.92 Å². The lowest BCUT2D eigenvalue weighted by atomic mass is 10.1. The molecular weight excluding hydrogens is 236 g/mol. The van der Waals surface area contributed by atoms with Crippen molar-refractivity contribution in [3.8, 4) is 0 Å². The first-order valence-electron chi connectivity index (χ1n) is 5.70. The van der Waals surface area contributed by atoms with Crippen LogP contribution >= 0.6 is 23.1 Å². The first-order chi connectivity index (χ1) is 7.75. The van der Waals surface area contributed by atoms with Crippen molar-refractivity contribution in [2.24, 2.45) is 10.9 Å². The number of amidine groups is 1. The van der Waals surface area contributed by atoms with E-state index in [9.17, 15) is 0 Å². The predicted octanol–water partition coefficient (Wildman–Crippen LogP) is 3.01. The molecule has 16 heavy (non-hydrogen) atoms. The standard InChI is InChI=1S/C12H18N2S2/c1-9(2)11-8-16-12(14-11)13-5-3-10-4-6-15-7-10/h4,6-7,9,11H,3,5,8H2,1-2H3,(H,13,14)/t11-/m1/s1. The SMILES string of the molecule is CC(C)[C@H]1CSC(=NCCc2ccsc2)N1. The van der Waals surface area contributed by atoms with E-state index in [1.165, 1.54) is 5.56 Å². The molecule has 1 aromatic rings. The van der Waals surface area contributed by atoms with Gasteiger partial charge < -0.3 is 5.32 Å². The molecule has 0 aliphatic carbocycles. The summed E-state index contributed by atoms with van der Waals surface area (Å²) in [6.45, 7) is 5.41. The third-order valence-corrected chi connectivity index (χ3v) is 4.53. The van der Waals surface area contributed by atoms with Crippen molar-refractivity contribution in [3.05, 3.63) is 22.4 Å². The Hall–Kier alpha value is -0.480. The van der Waals surface area contributed by atoms with Crippen LogP contribution < -0.4 is 5.32 Å². The summed E-state index contributed by atoms with van der Waals surface area (Å²) in [6, 6.07) is 2.78. The van der Waals surface area contributed by atoms with Crippen LogP contribution in [0.25, 0.3) is 0 Å². The van der Waals surface area contributed by atoms with Gasteiger partial charge in [0.2, 0.25) is 0 Å². The Morgan fingerprint density at radius 2 is 2.44 bits per heavy atom. The zero-order valence-corrected chi connectivity index (χ0v) is 11.4. The zero-order chi connectivity index (χ0) is 11.4. The van der Waals surface area contributed by atoms with Crippen molar-refractivity contribution in [1.29, 1.82) is 0 Å². The van der Waals surface area contributed by atoms with Gasteiger partial charge in [-0.25, -0.2) is 0 Å². The van der Waals surface area contributed by atoms with Gasteiger partial charge in [-0.3, -0.25) is 4.99 Å². The van der Waals surface area contributed by atoms with E-state index in [0.29, 0.717) is 12.0 Å². The summed E-state index contributed by atoms with van der Waals surface area (Å²) in [6.07, 6.45) is 1.06. The molecule has 2 heterocycles. The summed E-state index contributed by atoms with van der Waals surface area (Å²) in [4.78, 5) is 4.60. The van der Waals surface area contributed by atoms with Gasteiger partial charge in [0.05, 0.1) is 0 Å². The molecule has 2 rings (SSSR count). The van der Waals surface area contributed by atoms with Crippen LogP contribution in [0.5, 0.6) is 0 Å². The van der Waals surface area contributed by atoms with Crippen LogP contribution in [0.1, 0.15) is 19.4 Å². The normalized spacial score (nSPS) is 22.9. The number of hydrogen-bond acceptors (Lipinski definition) is 3. The van der Waals surface area contributed by atoms with Crippen molar-refractivity contribution in [3.63, 3.8) is 0 Å². The van der Waals surface area contributed by atoms with E-state index in [0.717, 1.165) is 23.9 Å². The van der Waals surface area contributed by atoms with Crippen molar-refractivity contribution in [2.75, 3.05) is 12.3 Å². The number of thioether (sulfide) groups is 1. The minimum absolute atomic E-state index is 0.602. The lowest BCUT2D eigenvalue weighted by Crippen LogP contribution is -2.31. The molecular formula is C12H18N2S2. The van der Waals surface area contributed by atoms with Crippen molar-refractivity contribution in [2.45, 2.75) is 26.3 Å². The molecule has 1 aromatic heterocycles. The Kier molecular flexibility index (Phi) is 4.29. The van der Waals surface area contributed by atoms with Gasteiger partial charge >= 0.3 is 0 Å². The number of nitrogens with zero attached hydrogens (tertiary/aromatic N) is 1. The molecule has 0 bridgehead atoms. The first kappa shape index (κ1) is 12.0. The fourth-order valence-corrected chi connectivity index (χ4v) is 3.51. The number of hydrogen-bond donors (Lipinski definition) is 1. The van der Waals surface area contributed by atoms with Crippen molar-refractivity contribution in [1.82, 2.24) is 5.32 Å². The minimum atomic E-state index is 0.602. The van der Waals surface area contributed by atoms with Gasteiger partial charge in [-0.1, -0.05) is 25.6 Å². The highest BCUT2D eigenvalue weighted by Crippen LogP contribution is 2.19. The Bertz CT molecular complexity index is 344. The van der Waals surface area contributed by atoms with Gasteiger partial charge in [0, 0.05) is 18.3 Å². The molecule has 88 valence electrons.